The van der Waals surface area contributed by atoms with E-state index in [2.05, 4.69) is 47.1 Å². The maximum absolute atomic E-state index is 12.4. The average Bonchev–Trinajstić information content (AvgIpc) is 2.37. The van der Waals surface area contributed by atoms with Gasteiger partial charge in [0.05, 0.1) is 5.56 Å². The molecular formula is C15H21IN2O. The van der Waals surface area contributed by atoms with Crippen LogP contribution in [0.3, 0.4) is 0 Å². The first-order chi connectivity index (χ1) is 9.00. The van der Waals surface area contributed by atoms with Gasteiger partial charge in [0.25, 0.3) is 5.91 Å². The Morgan fingerprint density at radius 3 is 2.84 bits per heavy atom. The van der Waals surface area contributed by atoms with Crippen LogP contribution < -0.4 is 10.6 Å². The molecule has 1 aromatic rings. The molecule has 0 aromatic heterocycles. The SMILES string of the molecule is Cc1cccc(C(=O)NC2C(C)CCNC2C)c1I. The molecule has 1 aromatic carbocycles. The van der Waals surface area contributed by atoms with Crippen molar-refractivity contribution in [2.75, 3.05) is 6.54 Å². The van der Waals surface area contributed by atoms with E-state index in [1.807, 2.05) is 25.1 Å². The number of rotatable bonds is 2. The van der Waals surface area contributed by atoms with Crippen LogP contribution >= 0.6 is 22.6 Å². The molecule has 0 saturated carbocycles. The van der Waals surface area contributed by atoms with E-state index in [4.69, 9.17) is 0 Å². The van der Waals surface area contributed by atoms with E-state index in [-0.39, 0.29) is 11.9 Å². The highest BCUT2D eigenvalue weighted by molar-refractivity contribution is 14.1. The number of nitrogens with one attached hydrogen (secondary N) is 2. The molecule has 104 valence electrons. The van der Waals surface area contributed by atoms with Crippen molar-refractivity contribution in [1.29, 1.82) is 0 Å². The van der Waals surface area contributed by atoms with Crippen molar-refractivity contribution in [1.82, 2.24) is 10.6 Å². The second-order valence-corrected chi connectivity index (χ2v) is 6.52. The normalized spacial score (nSPS) is 27.1. The van der Waals surface area contributed by atoms with Gasteiger partial charge in [0.2, 0.25) is 0 Å². The lowest BCUT2D eigenvalue weighted by Crippen LogP contribution is -2.56. The van der Waals surface area contributed by atoms with Crippen molar-refractivity contribution in [2.24, 2.45) is 5.92 Å². The molecule has 1 aliphatic rings. The minimum absolute atomic E-state index is 0.0421. The molecule has 1 fully saturated rings. The van der Waals surface area contributed by atoms with Gasteiger partial charge in [0.15, 0.2) is 0 Å². The van der Waals surface area contributed by atoms with Crippen LogP contribution in [0.2, 0.25) is 0 Å². The van der Waals surface area contributed by atoms with Crippen LogP contribution in [0.4, 0.5) is 0 Å². The second kappa shape index (κ2) is 6.22. The van der Waals surface area contributed by atoms with Crippen LogP contribution in [0, 0.1) is 16.4 Å². The summed E-state index contributed by atoms with van der Waals surface area (Å²) in [4.78, 5) is 12.4. The fourth-order valence-corrected chi connectivity index (χ4v) is 3.26. The van der Waals surface area contributed by atoms with E-state index in [1.54, 1.807) is 0 Å². The molecule has 19 heavy (non-hydrogen) atoms. The van der Waals surface area contributed by atoms with E-state index in [0.29, 0.717) is 12.0 Å². The molecule has 1 amide bonds. The molecule has 1 saturated heterocycles. The van der Waals surface area contributed by atoms with Gasteiger partial charge in [-0.15, -0.1) is 0 Å². The van der Waals surface area contributed by atoms with Gasteiger partial charge in [-0.25, -0.2) is 0 Å². The minimum Gasteiger partial charge on any atom is -0.347 e. The zero-order valence-corrected chi connectivity index (χ0v) is 13.8. The van der Waals surface area contributed by atoms with Gasteiger partial charge in [0.1, 0.15) is 0 Å². The number of hydrogen-bond donors (Lipinski definition) is 2. The van der Waals surface area contributed by atoms with Crippen LogP contribution in [0.5, 0.6) is 0 Å². The number of halogens is 1. The first kappa shape index (κ1) is 14.8. The van der Waals surface area contributed by atoms with Gasteiger partial charge in [-0.05, 0) is 67.0 Å². The lowest BCUT2D eigenvalue weighted by molar-refractivity contribution is 0.0896. The van der Waals surface area contributed by atoms with Crippen molar-refractivity contribution >= 4 is 28.5 Å². The van der Waals surface area contributed by atoms with Gasteiger partial charge in [-0.1, -0.05) is 19.1 Å². The molecular weight excluding hydrogens is 351 g/mol. The molecule has 1 aliphatic heterocycles. The Morgan fingerprint density at radius 1 is 1.42 bits per heavy atom. The molecule has 3 atom stereocenters. The molecule has 0 radical (unpaired) electrons. The zero-order chi connectivity index (χ0) is 14.0. The number of carbonyl (C=O) groups is 1. The van der Waals surface area contributed by atoms with Crippen LogP contribution in [-0.4, -0.2) is 24.5 Å². The van der Waals surface area contributed by atoms with E-state index in [0.717, 1.165) is 27.7 Å². The first-order valence-corrected chi connectivity index (χ1v) is 7.88. The number of carbonyl (C=O) groups excluding carboxylic acids is 1. The Balaban J connectivity index is 2.14. The highest BCUT2D eigenvalue weighted by Gasteiger charge is 2.29. The quantitative estimate of drug-likeness (QED) is 0.784. The van der Waals surface area contributed by atoms with Crippen molar-refractivity contribution in [3.63, 3.8) is 0 Å². The summed E-state index contributed by atoms with van der Waals surface area (Å²) in [6.07, 6.45) is 1.11. The van der Waals surface area contributed by atoms with E-state index < -0.39 is 0 Å². The largest absolute Gasteiger partial charge is 0.347 e. The minimum atomic E-state index is 0.0421. The maximum Gasteiger partial charge on any atom is 0.252 e. The summed E-state index contributed by atoms with van der Waals surface area (Å²) in [7, 11) is 0. The van der Waals surface area contributed by atoms with E-state index >= 15 is 0 Å². The highest BCUT2D eigenvalue weighted by Crippen LogP contribution is 2.20. The molecule has 0 bridgehead atoms. The second-order valence-electron chi connectivity index (χ2n) is 5.44. The van der Waals surface area contributed by atoms with Gasteiger partial charge >= 0.3 is 0 Å². The average molecular weight is 372 g/mol. The van der Waals surface area contributed by atoms with Gasteiger partial charge in [-0.3, -0.25) is 4.79 Å². The van der Waals surface area contributed by atoms with Crippen LogP contribution in [0.25, 0.3) is 0 Å². The molecule has 4 heteroatoms. The van der Waals surface area contributed by atoms with Gasteiger partial charge in [0, 0.05) is 15.7 Å². The Bertz CT molecular complexity index is 465. The predicted octanol–water partition coefficient (Wildman–Crippen LogP) is 2.72. The van der Waals surface area contributed by atoms with Crippen molar-refractivity contribution < 1.29 is 4.79 Å². The number of benzene rings is 1. The first-order valence-electron chi connectivity index (χ1n) is 6.80. The maximum atomic E-state index is 12.4. The Morgan fingerprint density at radius 2 is 2.16 bits per heavy atom. The third-order valence-corrected chi connectivity index (χ3v) is 5.38. The molecule has 3 nitrogen and oxygen atoms in total. The van der Waals surface area contributed by atoms with Crippen molar-refractivity contribution in [3.8, 4) is 0 Å². The summed E-state index contributed by atoms with van der Waals surface area (Å²) in [5.74, 6) is 0.558. The van der Waals surface area contributed by atoms with Gasteiger partial charge in [-0.2, -0.15) is 0 Å². The Kier molecular flexibility index (Phi) is 4.84. The summed E-state index contributed by atoms with van der Waals surface area (Å²) < 4.78 is 1.04. The van der Waals surface area contributed by atoms with Gasteiger partial charge < -0.3 is 10.6 Å². The molecule has 3 unspecified atom stereocenters. The van der Waals surface area contributed by atoms with E-state index in [9.17, 15) is 4.79 Å². The number of hydrogen-bond acceptors (Lipinski definition) is 2. The lowest BCUT2D eigenvalue weighted by atomic mass is 9.89. The standard InChI is InChI=1S/C15H21IN2O/c1-9-5-4-6-12(13(9)16)15(19)18-14-10(2)7-8-17-11(14)3/h4-6,10-11,14,17H,7-8H2,1-3H3,(H,18,19). The number of amides is 1. The summed E-state index contributed by atoms with van der Waals surface area (Å²) in [6, 6.07) is 6.41. The third-order valence-electron chi connectivity index (χ3n) is 3.95. The van der Waals surface area contributed by atoms with Crippen LogP contribution in [0.1, 0.15) is 36.2 Å². The van der Waals surface area contributed by atoms with Crippen LogP contribution in [0.15, 0.2) is 18.2 Å². The molecule has 0 spiro atoms. The van der Waals surface area contributed by atoms with E-state index in [1.165, 1.54) is 0 Å². The molecule has 0 aliphatic carbocycles. The smallest absolute Gasteiger partial charge is 0.252 e. The molecule has 2 N–H and O–H groups in total. The molecule has 1 heterocycles. The summed E-state index contributed by atoms with van der Waals surface area (Å²) >= 11 is 2.25. The zero-order valence-electron chi connectivity index (χ0n) is 11.7. The fourth-order valence-electron chi connectivity index (χ4n) is 2.66. The third kappa shape index (κ3) is 3.28. The lowest BCUT2D eigenvalue weighted by Gasteiger charge is -2.36. The molecule has 2 rings (SSSR count). The monoisotopic (exact) mass is 372 g/mol. The summed E-state index contributed by atoms with van der Waals surface area (Å²) in [6.45, 7) is 7.42. The highest BCUT2D eigenvalue weighted by atomic mass is 127. The Labute approximate surface area is 128 Å². The Hall–Kier alpha value is -0.620. The fraction of sp³-hybridized carbons (Fsp3) is 0.533. The number of piperidine rings is 1. The topological polar surface area (TPSA) is 41.1 Å². The van der Waals surface area contributed by atoms with Crippen molar-refractivity contribution in [2.45, 2.75) is 39.3 Å². The predicted molar refractivity (Wildman–Crippen MR) is 86.4 cm³/mol. The van der Waals surface area contributed by atoms with Crippen LogP contribution in [-0.2, 0) is 0 Å². The number of aryl methyl sites for hydroxylation is 1. The summed E-state index contributed by atoms with van der Waals surface area (Å²) in [5, 5.41) is 6.63. The van der Waals surface area contributed by atoms with Crippen molar-refractivity contribution in [3.05, 3.63) is 32.9 Å². The summed E-state index contributed by atoms with van der Waals surface area (Å²) in [5.41, 5.74) is 1.93.